The lowest BCUT2D eigenvalue weighted by Crippen LogP contribution is -2.39. The smallest absolute Gasteiger partial charge is 0.244 e. The molecule has 1 heterocycles. The van der Waals surface area contributed by atoms with Crippen molar-refractivity contribution in [1.29, 1.82) is 0 Å². The molecule has 1 atom stereocenters. The van der Waals surface area contributed by atoms with Crippen LogP contribution in [0.4, 0.5) is 5.69 Å². The first kappa shape index (κ1) is 15.6. The minimum atomic E-state index is -3.55. The summed E-state index contributed by atoms with van der Waals surface area (Å²) >= 11 is 6.08. The number of halogens is 1. The molecule has 0 amide bonds. The normalized spacial score (nSPS) is 21.6. The van der Waals surface area contributed by atoms with Gasteiger partial charge in [0.15, 0.2) is 0 Å². The molecule has 1 fully saturated rings. The van der Waals surface area contributed by atoms with Crippen molar-refractivity contribution in [1.82, 2.24) is 4.31 Å². The lowest BCUT2D eigenvalue weighted by Gasteiger charge is -2.28. The average molecular weight is 317 g/mol. The molecule has 20 heavy (non-hydrogen) atoms. The van der Waals surface area contributed by atoms with Crippen molar-refractivity contribution in [3.63, 3.8) is 0 Å². The number of sulfonamides is 1. The Kier molecular flexibility index (Phi) is 4.94. The quantitative estimate of drug-likeness (QED) is 0.870. The van der Waals surface area contributed by atoms with Crippen LogP contribution in [-0.4, -0.2) is 25.3 Å². The summed E-state index contributed by atoms with van der Waals surface area (Å²) in [6, 6.07) is 4.64. The van der Waals surface area contributed by atoms with Gasteiger partial charge in [0.2, 0.25) is 10.0 Å². The van der Waals surface area contributed by atoms with Gasteiger partial charge in [-0.2, -0.15) is 4.31 Å². The van der Waals surface area contributed by atoms with Crippen molar-refractivity contribution in [2.45, 2.75) is 50.0 Å². The molecule has 1 unspecified atom stereocenters. The van der Waals surface area contributed by atoms with Crippen molar-refractivity contribution in [2.24, 2.45) is 0 Å². The number of anilines is 1. The van der Waals surface area contributed by atoms with Crippen molar-refractivity contribution < 1.29 is 8.42 Å². The third-order valence-electron chi connectivity index (χ3n) is 3.84. The van der Waals surface area contributed by atoms with Crippen LogP contribution in [0.5, 0.6) is 0 Å². The average Bonchev–Trinajstić information content (AvgIpc) is 2.63. The van der Waals surface area contributed by atoms with Crippen molar-refractivity contribution in [3.8, 4) is 0 Å². The molecule has 1 aliphatic rings. The Morgan fingerprint density at radius 2 is 2.10 bits per heavy atom. The van der Waals surface area contributed by atoms with E-state index in [2.05, 4.69) is 0 Å². The minimum Gasteiger partial charge on any atom is -0.399 e. The number of hydrogen-bond donors (Lipinski definition) is 1. The highest BCUT2D eigenvalue weighted by atomic mass is 35.5. The van der Waals surface area contributed by atoms with Gasteiger partial charge in [-0.25, -0.2) is 8.42 Å². The standard InChI is InChI=1S/C14H21ClN2O2S/c1-2-12-6-4-3-5-9-17(12)20(18,19)14-8-7-11(16)10-13(14)15/h7-8,10,12H,2-6,9,16H2,1H3. The Morgan fingerprint density at radius 3 is 2.75 bits per heavy atom. The van der Waals surface area contributed by atoms with Gasteiger partial charge in [0.25, 0.3) is 0 Å². The molecule has 112 valence electrons. The Morgan fingerprint density at radius 1 is 1.35 bits per heavy atom. The van der Waals surface area contributed by atoms with E-state index in [0.717, 1.165) is 32.1 Å². The van der Waals surface area contributed by atoms with E-state index in [0.29, 0.717) is 12.2 Å². The largest absolute Gasteiger partial charge is 0.399 e. The van der Waals surface area contributed by atoms with Crippen LogP contribution in [0.25, 0.3) is 0 Å². The molecule has 1 aromatic carbocycles. The molecule has 1 aromatic rings. The molecule has 1 aliphatic heterocycles. The highest BCUT2D eigenvalue weighted by molar-refractivity contribution is 7.89. The van der Waals surface area contributed by atoms with Crippen LogP contribution in [0.3, 0.4) is 0 Å². The maximum atomic E-state index is 12.8. The zero-order valence-electron chi connectivity index (χ0n) is 11.7. The highest BCUT2D eigenvalue weighted by Crippen LogP contribution is 2.31. The second-order valence-corrected chi connectivity index (χ2v) is 7.48. The van der Waals surface area contributed by atoms with Gasteiger partial charge < -0.3 is 5.73 Å². The van der Waals surface area contributed by atoms with Crippen LogP contribution < -0.4 is 5.73 Å². The van der Waals surface area contributed by atoms with Crippen molar-refractivity contribution in [2.75, 3.05) is 12.3 Å². The van der Waals surface area contributed by atoms with Crippen LogP contribution in [0, 0.1) is 0 Å². The third kappa shape index (κ3) is 3.10. The first-order valence-electron chi connectivity index (χ1n) is 7.03. The lowest BCUT2D eigenvalue weighted by atomic mass is 10.1. The zero-order chi connectivity index (χ0) is 14.8. The van der Waals surface area contributed by atoms with Gasteiger partial charge in [-0.15, -0.1) is 0 Å². The van der Waals surface area contributed by atoms with Gasteiger partial charge >= 0.3 is 0 Å². The summed E-state index contributed by atoms with van der Waals surface area (Å²) in [5.41, 5.74) is 6.10. The molecule has 2 N–H and O–H groups in total. The first-order chi connectivity index (χ1) is 9.46. The second kappa shape index (κ2) is 6.33. The van der Waals surface area contributed by atoms with Crippen LogP contribution >= 0.6 is 11.6 Å². The van der Waals surface area contributed by atoms with Gasteiger partial charge in [-0.05, 0) is 37.5 Å². The van der Waals surface area contributed by atoms with Crippen LogP contribution in [0.1, 0.15) is 39.0 Å². The Bertz CT molecular complexity index is 575. The van der Waals surface area contributed by atoms with E-state index in [1.165, 1.54) is 12.1 Å². The molecule has 0 radical (unpaired) electrons. The van der Waals surface area contributed by atoms with Crippen LogP contribution in [0.2, 0.25) is 5.02 Å². The van der Waals surface area contributed by atoms with E-state index in [1.54, 1.807) is 10.4 Å². The number of nitrogen functional groups attached to an aromatic ring is 1. The van der Waals surface area contributed by atoms with Crippen LogP contribution in [-0.2, 0) is 10.0 Å². The first-order valence-corrected chi connectivity index (χ1v) is 8.85. The summed E-state index contributed by atoms with van der Waals surface area (Å²) in [6.45, 7) is 2.60. The predicted octanol–water partition coefficient (Wildman–Crippen LogP) is 3.27. The van der Waals surface area contributed by atoms with Gasteiger partial charge in [0.05, 0.1) is 5.02 Å². The van der Waals surface area contributed by atoms with E-state index in [4.69, 9.17) is 17.3 Å². The fourth-order valence-electron chi connectivity index (χ4n) is 2.73. The van der Waals surface area contributed by atoms with Crippen molar-refractivity contribution >= 4 is 27.3 Å². The molecule has 0 bridgehead atoms. The Hall–Kier alpha value is -0.780. The maximum absolute atomic E-state index is 12.8. The molecular weight excluding hydrogens is 296 g/mol. The molecule has 6 heteroatoms. The molecule has 4 nitrogen and oxygen atoms in total. The molecule has 1 saturated heterocycles. The number of nitrogens with zero attached hydrogens (tertiary/aromatic N) is 1. The van der Waals surface area contributed by atoms with E-state index in [1.807, 2.05) is 6.92 Å². The summed E-state index contributed by atoms with van der Waals surface area (Å²) < 4.78 is 27.3. The molecule has 0 aliphatic carbocycles. The monoisotopic (exact) mass is 316 g/mol. The number of nitrogens with two attached hydrogens (primary N) is 1. The van der Waals surface area contributed by atoms with Gasteiger partial charge in [-0.3, -0.25) is 0 Å². The highest BCUT2D eigenvalue weighted by Gasteiger charge is 2.32. The van der Waals surface area contributed by atoms with E-state index in [-0.39, 0.29) is 16.0 Å². The number of hydrogen-bond acceptors (Lipinski definition) is 3. The van der Waals surface area contributed by atoms with Crippen molar-refractivity contribution in [3.05, 3.63) is 23.2 Å². The Labute approximate surface area is 126 Å². The predicted molar refractivity (Wildman–Crippen MR) is 82.3 cm³/mol. The van der Waals surface area contributed by atoms with E-state index in [9.17, 15) is 8.42 Å². The number of rotatable bonds is 3. The molecule has 2 rings (SSSR count). The fourth-order valence-corrected chi connectivity index (χ4v) is 5.02. The second-order valence-electron chi connectivity index (χ2n) is 5.22. The van der Waals surface area contributed by atoms with Crippen LogP contribution in [0.15, 0.2) is 23.1 Å². The molecular formula is C14H21ClN2O2S. The zero-order valence-corrected chi connectivity index (χ0v) is 13.3. The summed E-state index contributed by atoms with van der Waals surface area (Å²) in [5, 5.41) is 0.198. The summed E-state index contributed by atoms with van der Waals surface area (Å²) in [7, 11) is -3.55. The molecule has 0 spiro atoms. The molecule has 0 aromatic heterocycles. The van der Waals surface area contributed by atoms with E-state index >= 15 is 0 Å². The summed E-state index contributed by atoms with van der Waals surface area (Å²) in [6.07, 6.45) is 4.81. The SMILES string of the molecule is CCC1CCCCCN1S(=O)(=O)c1ccc(N)cc1Cl. The summed E-state index contributed by atoms with van der Waals surface area (Å²) in [5.74, 6) is 0. The van der Waals surface area contributed by atoms with Gasteiger partial charge in [-0.1, -0.05) is 31.4 Å². The summed E-state index contributed by atoms with van der Waals surface area (Å²) in [4.78, 5) is 0.161. The van der Waals surface area contributed by atoms with Gasteiger partial charge in [0.1, 0.15) is 4.90 Å². The minimum absolute atomic E-state index is 0.0659. The number of benzene rings is 1. The Balaban J connectivity index is 2.41. The van der Waals surface area contributed by atoms with Gasteiger partial charge in [0, 0.05) is 18.3 Å². The topological polar surface area (TPSA) is 63.4 Å². The maximum Gasteiger partial charge on any atom is 0.244 e. The molecule has 0 saturated carbocycles. The lowest BCUT2D eigenvalue weighted by molar-refractivity contribution is 0.315. The van der Waals surface area contributed by atoms with E-state index < -0.39 is 10.0 Å². The fraction of sp³-hybridized carbons (Fsp3) is 0.571. The third-order valence-corrected chi connectivity index (χ3v) is 6.27.